The Morgan fingerprint density at radius 1 is 1.32 bits per heavy atom. The van der Waals surface area contributed by atoms with Gasteiger partial charge in [-0.1, -0.05) is 0 Å². The zero-order chi connectivity index (χ0) is 17.2. The monoisotopic (exact) mass is 340 g/mol. The number of aliphatic hydroxyl groups is 1. The molecular weight excluding hydrogens is 316 g/mol. The van der Waals surface area contributed by atoms with E-state index in [9.17, 15) is 5.11 Å². The molecule has 25 heavy (non-hydrogen) atoms. The van der Waals surface area contributed by atoms with E-state index in [1.54, 1.807) is 6.20 Å². The fraction of sp³-hybridized carbons (Fsp3) is 0.500. The van der Waals surface area contributed by atoms with Crippen molar-refractivity contribution >= 4 is 5.52 Å². The van der Waals surface area contributed by atoms with E-state index >= 15 is 0 Å². The van der Waals surface area contributed by atoms with E-state index < -0.39 is 0 Å². The third kappa shape index (κ3) is 3.29. The summed E-state index contributed by atoms with van der Waals surface area (Å²) in [7, 11) is 2.16. The molecule has 1 atom stereocenters. The lowest BCUT2D eigenvalue weighted by atomic mass is 9.98. The molecule has 0 aliphatic carbocycles. The Kier molecular flexibility index (Phi) is 4.50. The van der Waals surface area contributed by atoms with Crippen LogP contribution in [0.1, 0.15) is 31.0 Å². The molecule has 1 N–H and O–H groups in total. The zero-order valence-corrected chi connectivity index (χ0v) is 14.5. The van der Waals surface area contributed by atoms with Crippen molar-refractivity contribution in [2.24, 2.45) is 0 Å². The lowest BCUT2D eigenvalue weighted by molar-refractivity contribution is 0.245. The Morgan fingerprint density at radius 2 is 2.24 bits per heavy atom. The van der Waals surface area contributed by atoms with E-state index in [0.29, 0.717) is 18.9 Å². The van der Waals surface area contributed by atoms with Crippen molar-refractivity contribution in [3.8, 4) is 11.4 Å². The van der Waals surface area contributed by atoms with Gasteiger partial charge >= 0.3 is 0 Å². The molecule has 3 aromatic heterocycles. The number of likely N-dealkylation sites (tertiary alicyclic amines) is 1. The van der Waals surface area contributed by atoms with Gasteiger partial charge in [-0.15, -0.1) is 0 Å². The van der Waals surface area contributed by atoms with Crippen LogP contribution in [0.5, 0.6) is 0 Å². The number of aryl methyl sites for hydroxylation is 1. The number of nitrogens with zero attached hydrogens (tertiary/aromatic N) is 6. The highest BCUT2D eigenvalue weighted by molar-refractivity contribution is 5.63. The van der Waals surface area contributed by atoms with Crippen LogP contribution in [-0.2, 0) is 6.54 Å². The predicted octanol–water partition coefficient (Wildman–Crippen LogP) is 1.78. The molecule has 4 heterocycles. The summed E-state index contributed by atoms with van der Waals surface area (Å²) in [4.78, 5) is 7.24. The Labute approximate surface area is 146 Å². The summed E-state index contributed by atoms with van der Waals surface area (Å²) < 4.78 is 3.79. The molecule has 7 heteroatoms. The molecule has 3 aromatic rings. The predicted molar refractivity (Wildman–Crippen MR) is 95.4 cm³/mol. The van der Waals surface area contributed by atoms with Gasteiger partial charge < -0.3 is 10.0 Å². The molecule has 0 saturated carbocycles. The molecule has 0 bridgehead atoms. The van der Waals surface area contributed by atoms with Crippen LogP contribution in [0, 0.1) is 0 Å². The molecule has 7 nitrogen and oxygen atoms in total. The molecule has 4 rings (SSSR count). The molecule has 0 spiro atoms. The zero-order valence-electron chi connectivity index (χ0n) is 14.5. The molecular formula is C18H24N6O. The number of aromatic nitrogens is 5. The molecule has 1 fully saturated rings. The number of aliphatic hydroxyl groups excluding tert-OH is 1. The highest BCUT2D eigenvalue weighted by Gasteiger charge is 2.24. The van der Waals surface area contributed by atoms with Crippen LogP contribution in [0.15, 0.2) is 30.6 Å². The van der Waals surface area contributed by atoms with Crippen molar-refractivity contribution in [1.82, 2.24) is 29.3 Å². The van der Waals surface area contributed by atoms with Gasteiger partial charge in [0.2, 0.25) is 0 Å². The minimum Gasteiger partial charge on any atom is -0.396 e. The van der Waals surface area contributed by atoms with Gasteiger partial charge in [0.1, 0.15) is 0 Å². The van der Waals surface area contributed by atoms with E-state index in [1.165, 1.54) is 6.42 Å². The molecule has 0 amide bonds. The van der Waals surface area contributed by atoms with Crippen LogP contribution in [0.25, 0.3) is 16.9 Å². The average Bonchev–Trinajstić information content (AvgIpc) is 3.26. The average molecular weight is 340 g/mol. The second-order valence-corrected chi connectivity index (χ2v) is 6.81. The molecule has 1 unspecified atom stereocenters. The molecule has 1 saturated heterocycles. The smallest absolute Gasteiger partial charge is 0.158 e. The number of hydrogen-bond acceptors (Lipinski definition) is 5. The first-order valence-corrected chi connectivity index (χ1v) is 8.92. The standard InChI is InChI=1S/C18H24N6O/c1-22-8-2-4-15(13-22)17-20-18(24(21-17)9-3-11-25)14-6-10-23-16(12-14)5-7-19-23/h5-7,10,12,15,25H,2-4,8-9,11,13H2,1H3. The van der Waals surface area contributed by atoms with Gasteiger partial charge in [-0.25, -0.2) is 14.2 Å². The van der Waals surface area contributed by atoms with E-state index in [4.69, 9.17) is 10.1 Å². The van der Waals surface area contributed by atoms with Crippen molar-refractivity contribution in [3.63, 3.8) is 0 Å². The summed E-state index contributed by atoms with van der Waals surface area (Å²) in [5.74, 6) is 2.18. The Morgan fingerprint density at radius 3 is 3.08 bits per heavy atom. The lowest BCUT2D eigenvalue weighted by Gasteiger charge is -2.27. The van der Waals surface area contributed by atoms with Gasteiger partial charge in [-0.2, -0.15) is 10.2 Å². The summed E-state index contributed by atoms with van der Waals surface area (Å²) in [6, 6.07) is 6.09. The van der Waals surface area contributed by atoms with Crippen molar-refractivity contribution in [2.75, 3.05) is 26.7 Å². The van der Waals surface area contributed by atoms with Crippen LogP contribution in [0.4, 0.5) is 0 Å². The summed E-state index contributed by atoms with van der Waals surface area (Å²) in [6.45, 7) is 2.98. The Hall–Kier alpha value is -2.25. The molecule has 132 valence electrons. The maximum Gasteiger partial charge on any atom is 0.158 e. The fourth-order valence-corrected chi connectivity index (χ4v) is 3.56. The van der Waals surface area contributed by atoms with E-state index in [2.05, 4.69) is 23.1 Å². The quantitative estimate of drug-likeness (QED) is 0.767. The molecule has 1 aliphatic rings. The first kappa shape index (κ1) is 16.2. The van der Waals surface area contributed by atoms with Crippen molar-refractivity contribution < 1.29 is 5.11 Å². The molecule has 1 aliphatic heterocycles. The van der Waals surface area contributed by atoms with Crippen LogP contribution in [-0.4, -0.2) is 61.1 Å². The van der Waals surface area contributed by atoms with Gasteiger partial charge in [-0.05, 0) is 51.1 Å². The maximum atomic E-state index is 9.21. The third-order valence-electron chi connectivity index (χ3n) is 4.86. The first-order chi connectivity index (χ1) is 12.2. The topological polar surface area (TPSA) is 71.5 Å². The van der Waals surface area contributed by atoms with Crippen LogP contribution in [0.2, 0.25) is 0 Å². The summed E-state index contributed by atoms with van der Waals surface area (Å²) in [6.07, 6.45) is 6.73. The summed E-state index contributed by atoms with van der Waals surface area (Å²) >= 11 is 0. The van der Waals surface area contributed by atoms with Gasteiger partial charge in [-0.3, -0.25) is 0 Å². The lowest BCUT2D eigenvalue weighted by Crippen LogP contribution is -2.31. The maximum absolute atomic E-state index is 9.21. The highest BCUT2D eigenvalue weighted by atomic mass is 16.3. The molecule has 0 aromatic carbocycles. The number of fused-ring (bicyclic) bond motifs is 1. The second-order valence-electron chi connectivity index (χ2n) is 6.81. The normalized spacial score (nSPS) is 18.9. The fourth-order valence-electron chi connectivity index (χ4n) is 3.56. The summed E-state index contributed by atoms with van der Waals surface area (Å²) in [5.41, 5.74) is 2.07. The van der Waals surface area contributed by atoms with Gasteiger partial charge in [0.15, 0.2) is 11.6 Å². The number of likely N-dealkylation sites (N-methyl/N-ethyl adjacent to an activating group) is 1. The number of rotatable bonds is 5. The first-order valence-electron chi connectivity index (χ1n) is 8.92. The van der Waals surface area contributed by atoms with Crippen molar-refractivity contribution in [3.05, 3.63) is 36.4 Å². The van der Waals surface area contributed by atoms with E-state index in [-0.39, 0.29) is 6.61 Å². The Bertz CT molecular complexity index is 854. The van der Waals surface area contributed by atoms with Crippen molar-refractivity contribution in [2.45, 2.75) is 31.7 Å². The second kappa shape index (κ2) is 6.93. The molecule has 0 radical (unpaired) electrons. The van der Waals surface area contributed by atoms with E-state index in [0.717, 1.165) is 42.2 Å². The Balaban J connectivity index is 1.71. The van der Waals surface area contributed by atoms with Gasteiger partial charge in [0.05, 0.1) is 5.52 Å². The highest BCUT2D eigenvalue weighted by Crippen LogP contribution is 2.27. The third-order valence-corrected chi connectivity index (χ3v) is 4.86. The summed E-state index contributed by atoms with van der Waals surface area (Å²) in [5, 5.41) is 18.3. The number of piperidine rings is 1. The van der Waals surface area contributed by atoms with Gasteiger partial charge in [0.25, 0.3) is 0 Å². The minimum absolute atomic E-state index is 0.155. The van der Waals surface area contributed by atoms with Gasteiger partial charge in [0, 0.05) is 43.6 Å². The number of pyridine rings is 1. The minimum atomic E-state index is 0.155. The number of hydrogen-bond donors (Lipinski definition) is 1. The largest absolute Gasteiger partial charge is 0.396 e. The van der Waals surface area contributed by atoms with Crippen LogP contribution < -0.4 is 0 Å². The SMILES string of the molecule is CN1CCCC(c2nc(-c3ccn4nccc4c3)n(CCCO)n2)C1. The van der Waals surface area contributed by atoms with Crippen molar-refractivity contribution in [1.29, 1.82) is 0 Å². The van der Waals surface area contributed by atoms with E-state index in [1.807, 2.05) is 27.5 Å². The van der Waals surface area contributed by atoms with Crippen LogP contribution in [0.3, 0.4) is 0 Å². The van der Waals surface area contributed by atoms with Crippen LogP contribution >= 0.6 is 0 Å².